The molecule has 0 fully saturated rings. The lowest BCUT2D eigenvalue weighted by Crippen LogP contribution is -2.13. The van der Waals surface area contributed by atoms with E-state index in [4.69, 9.17) is 10.5 Å². The van der Waals surface area contributed by atoms with Crippen LogP contribution in [0, 0.1) is 0 Å². The van der Waals surface area contributed by atoms with Crippen molar-refractivity contribution in [2.75, 3.05) is 5.73 Å². The van der Waals surface area contributed by atoms with Crippen LogP contribution < -0.4 is 10.5 Å². The van der Waals surface area contributed by atoms with Gasteiger partial charge < -0.3 is 10.5 Å². The molecule has 0 heterocycles. The first-order chi connectivity index (χ1) is 9.81. The molecule has 3 heteroatoms. The number of benzene rings is 2. The average molecular weight is 348 g/mol. The Hall–Kier alpha value is -1.48. The molecule has 2 N–H and O–H groups in total. The van der Waals surface area contributed by atoms with Crippen LogP contribution in [0.5, 0.6) is 11.5 Å². The summed E-state index contributed by atoms with van der Waals surface area (Å²) in [5.74, 6) is 1.55. The summed E-state index contributed by atoms with van der Waals surface area (Å²) in [4.78, 5) is 0. The number of ether oxygens (including phenoxy) is 1. The Bertz CT molecular complexity index is 644. The normalized spacial score (nSPS) is 11.5. The number of rotatable bonds is 3. The van der Waals surface area contributed by atoms with Gasteiger partial charge in [0.05, 0.1) is 5.69 Å². The van der Waals surface area contributed by atoms with Crippen LogP contribution in [0.2, 0.25) is 0 Å². The minimum absolute atomic E-state index is 0.0152. The standard InChI is InChI=1S/C18H22BrNO/c1-5-12-6-9-16(14(10-12)18(2,3)4)21-17-11-13(19)7-8-15(17)20/h6-11H,5,20H2,1-4H3. The summed E-state index contributed by atoms with van der Waals surface area (Å²) in [6.45, 7) is 8.74. The van der Waals surface area contributed by atoms with Crippen molar-refractivity contribution in [3.63, 3.8) is 0 Å². The van der Waals surface area contributed by atoms with E-state index < -0.39 is 0 Å². The Morgan fingerprint density at radius 3 is 2.38 bits per heavy atom. The Morgan fingerprint density at radius 1 is 1.05 bits per heavy atom. The lowest BCUT2D eigenvalue weighted by Gasteiger charge is -2.24. The topological polar surface area (TPSA) is 35.2 Å². The Kier molecular flexibility index (Phi) is 4.62. The molecular formula is C18H22BrNO. The lowest BCUT2D eigenvalue weighted by molar-refractivity contribution is 0.456. The van der Waals surface area contributed by atoms with E-state index in [1.165, 1.54) is 11.1 Å². The second-order valence-corrected chi connectivity index (χ2v) is 7.13. The van der Waals surface area contributed by atoms with Crippen LogP contribution in [0.15, 0.2) is 40.9 Å². The molecule has 2 nitrogen and oxygen atoms in total. The fourth-order valence-corrected chi connectivity index (χ4v) is 2.53. The minimum Gasteiger partial charge on any atom is -0.455 e. The summed E-state index contributed by atoms with van der Waals surface area (Å²) < 4.78 is 7.05. The highest BCUT2D eigenvalue weighted by atomic mass is 79.9. The number of halogens is 1. The number of hydrogen-bond donors (Lipinski definition) is 1. The minimum atomic E-state index is 0.0152. The van der Waals surface area contributed by atoms with Crippen LogP contribution in [0.25, 0.3) is 0 Å². The van der Waals surface area contributed by atoms with Gasteiger partial charge in [0.25, 0.3) is 0 Å². The SMILES string of the molecule is CCc1ccc(Oc2cc(Br)ccc2N)c(C(C)(C)C)c1. The van der Waals surface area contributed by atoms with Crippen LogP contribution in [0.3, 0.4) is 0 Å². The lowest BCUT2D eigenvalue weighted by atomic mass is 9.85. The van der Waals surface area contributed by atoms with Crippen LogP contribution in [0.1, 0.15) is 38.8 Å². The van der Waals surface area contributed by atoms with Crippen LogP contribution >= 0.6 is 15.9 Å². The molecule has 0 aliphatic carbocycles. The van der Waals surface area contributed by atoms with Crippen LogP contribution in [-0.2, 0) is 11.8 Å². The molecular weight excluding hydrogens is 326 g/mol. The highest BCUT2D eigenvalue weighted by Gasteiger charge is 2.20. The van der Waals surface area contributed by atoms with Crippen LogP contribution in [-0.4, -0.2) is 0 Å². The van der Waals surface area contributed by atoms with Gasteiger partial charge in [0.1, 0.15) is 5.75 Å². The van der Waals surface area contributed by atoms with E-state index in [9.17, 15) is 0 Å². The molecule has 112 valence electrons. The third kappa shape index (κ3) is 3.79. The Labute approximate surface area is 135 Å². The maximum absolute atomic E-state index is 6.09. The quantitative estimate of drug-likeness (QED) is 0.724. The molecule has 0 saturated carbocycles. The molecule has 0 amide bonds. The fourth-order valence-electron chi connectivity index (χ4n) is 2.19. The largest absolute Gasteiger partial charge is 0.455 e. The van der Waals surface area contributed by atoms with E-state index in [0.29, 0.717) is 11.4 Å². The van der Waals surface area contributed by atoms with Gasteiger partial charge in [0, 0.05) is 10.0 Å². The zero-order valence-electron chi connectivity index (χ0n) is 13.0. The van der Waals surface area contributed by atoms with E-state index in [1.807, 2.05) is 24.3 Å². The first-order valence-electron chi connectivity index (χ1n) is 7.17. The van der Waals surface area contributed by atoms with Gasteiger partial charge in [0.15, 0.2) is 5.75 Å². The van der Waals surface area contributed by atoms with Crippen molar-refractivity contribution >= 4 is 21.6 Å². The molecule has 0 bridgehead atoms. The second kappa shape index (κ2) is 6.10. The first kappa shape index (κ1) is 15.9. The van der Waals surface area contributed by atoms with Gasteiger partial charge in [0.2, 0.25) is 0 Å². The average Bonchev–Trinajstić information content (AvgIpc) is 2.42. The molecule has 0 atom stereocenters. The summed E-state index contributed by atoms with van der Waals surface area (Å²) in [5, 5.41) is 0. The van der Waals surface area contributed by atoms with E-state index >= 15 is 0 Å². The van der Waals surface area contributed by atoms with Gasteiger partial charge in [-0.2, -0.15) is 0 Å². The monoisotopic (exact) mass is 347 g/mol. The molecule has 2 rings (SSSR count). The van der Waals surface area contributed by atoms with E-state index in [0.717, 1.165) is 16.6 Å². The van der Waals surface area contributed by atoms with E-state index in [1.54, 1.807) is 0 Å². The second-order valence-electron chi connectivity index (χ2n) is 6.22. The van der Waals surface area contributed by atoms with Gasteiger partial charge in [-0.15, -0.1) is 0 Å². The van der Waals surface area contributed by atoms with Gasteiger partial charge in [-0.3, -0.25) is 0 Å². The van der Waals surface area contributed by atoms with Crippen molar-refractivity contribution in [2.45, 2.75) is 39.5 Å². The molecule has 0 saturated heterocycles. The van der Waals surface area contributed by atoms with E-state index in [2.05, 4.69) is 55.8 Å². The predicted molar refractivity (Wildman–Crippen MR) is 93.1 cm³/mol. The van der Waals surface area contributed by atoms with Crippen molar-refractivity contribution in [3.8, 4) is 11.5 Å². The van der Waals surface area contributed by atoms with Gasteiger partial charge in [-0.25, -0.2) is 0 Å². The summed E-state index contributed by atoms with van der Waals surface area (Å²) in [6, 6.07) is 12.0. The molecule has 2 aromatic rings. The third-order valence-corrected chi connectivity index (χ3v) is 3.95. The summed E-state index contributed by atoms with van der Waals surface area (Å²) in [6.07, 6.45) is 1.02. The highest BCUT2D eigenvalue weighted by molar-refractivity contribution is 9.10. The van der Waals surface area contributed by atoms with Gasteiger partial charge in [-0.1, -0.05) is 55.8 Å². The summed E-state index contributed by atoms with van der Waals surface area (Å²) in [7, 11) is 0. The summed E-state index contributed by atoms with van der Waals surface area (Å²) in [5.41, 5.74) is 9.17. The maximum Gasteiger partial charge on any atom is 0.151 e. The maximum atomic E-state index is 6.09. The smallest absolute Gasteiger partial charge is 0.151 e. The van der Waals surface area contributed by atoms with Crippen molar-refractivity contribution < 1.29 is 4.74 Å². The van der Waals surface area contributed by atoms with Crippen molar-refractivity contribution in [1.82, 2.24) is 0 Å². The molecule has 0 radical (unpaired) electrons. The summed E-state index contributed by atoms with van der Waals surface area (Å²) >= 11 is 3.45. The number of anilines is 1. The molecule has 0 spiro atoms. The zero-order chi connectivity index (χ0) is 15.6. The number of aryl methyl sites for hydroxylation is 1. The Morgan fingerprint density at radius 2 is 1.76 bits per heavy atom. The highest BCUT2D eigenvalue weighted by Crippen LogP contribution is 2.37. The molecule has 2 aromatic carbocycles. The van der Waals surface area contributed by atoms with E-state index in [-0.39, 0.29) is 5.41 Å². The number of nitrogen functional groups attached to an aromatic ring is 1. The van der Waals surface area contributed by atoms with Gasteiger partial charge in [-0.05, 0) is 41.7 Å². The number of nitrogens with two attached hydrogens (primary N) is 1. The molecule has 0 aliphatic heterocycles. The third-order valence-electron chi connectivity index (χ3n) is 3.46. The number of hydrogen-bond acceptors (Lipinski definition) is 2. The molecule has 0 aliphatic rings. The van der Waals surface area contributed by atoms with Crippen molar-refractivity contribution in [1.29, 1.82) is 0 Å². The van der Waals surface area contributed by atoms with Gasteiger partial charge >= 0.3 is 0 Å². The molecule has 0 aromatic heterocycles. The van der Waals surface area contributed by atoms with Crippen molar-refractivity contribution in [3.05, 3.63) is 52.0 Å². The van der Waals surface area contributed by atoms with Crippen LogP contribution in [0.4, 0.5) is 5.69 Å². The fraction of sp³-hybridized carbons (Fsp3) is 0.333. The molecule has 21 heavy (non-hydrogen) atoms. The van der Waals surface area contributed by atoms with Crippen molar-refractivity contribution in [2.24, 2.45) is 0 Å². The predicted octanol–water partition coefficient (Wildman–Crippen LogP) is 5.68. The molecule has 0 unspecified atom stereocenters. The Balaban J connectivity index is 2.46. The zero-order valence-corrected chi connectivity index (χ0v) is 14.6. The first-order valence-corrected chi connectivity index (χ1v) is 7.97.